The Hall–Kier alpha value is -1.61. The second-order valence-corrected chi connectivity index (χ2v) is 5.47. The minimum Gasteiger partial charge on any atom is -0.444 e. The first-order valence-electron chi connectivity index (χ1n) is 8.08. The Morgan fingerprint density at radius 2 is 1.81 bits per heavy atom. The molecular weight excluding hydrogens is 260 g/mol. The van der Waals surface area contributed by atoms with E-state index in [1.165, 1.54) is 31.2 Å². The molecule has 2 rings (SSSR count). The molecule has 0 saturated heterocycles. The number of nitrogens with zero attached hydrogens (tertiary/aromatic N) is 1. The third kappa shape index (κ3) is 5.01. The number of oxazole rings is 1. The van der Waals surface area contributed by atoms with Gasteiger partial charge in [0.05, 0.1) is 5.69 Å². The maximum atomic E-state index is 5.58. The number of unbranched alkanes of at least 4 members (excludes halogenated alkanes) is 2. The molecule has 1 heterocycles. The highest BCUT2D eigenvalue weighted by Crippen LogP contribution is 2.19. The Bertz CT molecular complexity index is 516. The van der Waals surface area contributed by atoms with Crippen LogP contribution in [0.25, 0.3) is 11.5 Å². The summed E-state index contributed by atoms with van der Waals surface area (Å²) >= 11 is 0. The van der Waals surface area contributed by atoms with Crippen molar-refractivity contribution in [2.75, 3.05) is 6.54 Å². The maximum absolute atomic E-state index is 5.58. The van der Waals surface area contributed by atoms with Crippen LogP contribution in [-0.4, -0.2) is 11.5 Å². The first kappa shape index (κ1) is 15.8. The van der Waals surface area contributed by atoms with Gasteiger partial charge in [-0.3, -0.25) is 0 Å². The number of aryl methyl sites for hydroxylation is 1. The average Bonchev–Trinajstić information content (AvgIpc) is 2.99. The van der Waals surface area contributed by atoms with Crippen molar-refractivity contribution >= 4 is 0 Å². The summed E-state index contributed by atoms with van der Waals surface area (Å²) in [5.74, 6) is 0.712. The molecule has 0 amide bonds. The molecule has 0 unspecified atom stereocenters. The minimum absolute atomic E-state index is 0.712. The van der Waals surface area contributed by atoms with Crippen molar-refractivity contribution in [1.29, 1.82) is 0 Å². The van der Waals surface area contributed by atoms with Crippen LogP contribution in [0.15, 0.2) is 34.9 Å². The lowest BCUT2D eigenvalue weighted by atomic mass is 10.1. The second-order valence-electron chi connectivity index (χ2n) is 5.47. The lowest BCUT2D eigenvalue weighted by Gasteiger charge is -2.01. The van der Waals surface area contributed by atoms with E-state index in [0.717, 1.165) is 30.8 Å². The van der Waals surface area contributed by atoms with E-state index in [0.29, 0.717) is 5.89 Å². The molecule has 0 radical (unpaired) electrons. The largest absolute Gasteiger partial charge is 0.444 e. The molecule has 0 saturated carbocycles. The van der Waals surface area contributed by atoms with Gasteiger partial charge in [0.2, 0.25) is 5.89 Å². The predicted molar refractivity (Wildman–Crippen MR) is 87.2 cm³/mol. The molecule has 0 aliphatic rings. The second kappa shape index (κ2) is 8.63. The van der Waals surface area contributed by atoms with Crippen molar-refractivity contribution in [3.63, 3.8) is 0 Å². The molecule has 0 bridgehead atoms. The van der Waals surface area contributed by atoms with E-state index in [1.54, 1.807) is 6.26 Å². The summed E-state index contributed by atoms with van der Waals surface area (Å²) in [6, 6.07) is 8.55. The van der Waals surface area contributed by atoms with E-state index < -0.39 is 0 Å². The van der Waals surface area contributed by atoms with Crippen LogP contribution in [0.2, 0.25) is 0 Å². The molecule has 0 spiro atoms. The molecule has 21 heavy (non-hydrogen) atoms. The van der Waals surface area contributed by atoms with Gasteiger partial charge in [0.1, 0.15) is 6.26 Å². The van der Waals surface area contributed by atoms with Gasteiger partial charge in [0.15, 0.2) is 0 Å². The molecule has 0 atom stereocenters. The molecule has 114 valence electrons. The molecule has 1 N–H and O–H groups in total. The zero-order chi connectivity index (χ0) is 14.9. The first-order valence-corrected chi connectivity index (χ1v) is 8.08. The Balaban J connectivity index is 1.91. The average molecular weight is 286 g/mol. The molecule has 0 aliphatic carbocycles. The van der Waals surface area contributed by atoms with E-state index in [1.807, 2.05) is 0 Å². The third-order valence-electron chi connectivity index (χ3n) is 3.58. The van der Waals surface area contributed by atoms with E-state index in [2.05, 4.69) is 48.4 Å². The summed E-state index contributed by atoms with van der Waals surface area (Å²) in [6.45, 7) is 6.22. The van der Waals surface area contributed by atoms with Crippen molar-refractivity contribution in [1.82, 2.24) is 10.3 Å². The van der Waals surface area contributed by atoms with Crippen molar-refractivity contribution in [2.45, 2.75) is 52.5 Å². The van der Waals surface area contributed by atoms with Crippen molar-refractivity contribution in [3.8, 4) is 11.5 Å². The Morgan fingerprint density at radius 3 is 2.52 bits per heavy atom. The van der Waals surface area contributed by atoms with Crippen molar-refractivity contribution in [3.05, 3.63) is 41.8 Å². The lowest BCUT2D eigenvalue weighted by molar-refractivity contribution is 0.569. The van der Waals surface area contributed by atoms with Gasteiger partial charge < -0.3 is 9.73 Å². The summed E-state index contributed by atoms with van der Waals surface area (Å²) < 4.78 is 5.58. The van der Waals surface area contributed by atoms with E-state index in [9.17, 15) is 0 Å². The highest BCUT2D eigenvalue weighted by atomic mass is 16.3. The van der Waals surface area contributed by atoms with Crippen molar-refractivity contribution < 1.29 is 4.42 Å². The molecule has 2 aromatic rings. The monoisotopic (exact) mass is 286 g/mol. The Labute approximate surface area is 127 Å². The zero-order valence-corrected chi connectivity index (χ0v) is 13.2. The SMILES string of the molecule is CCCCNCc1coc(-c2ccc(CCCC)cc2)n1. The van der Waals surface area contributed by atoms with Gasteiger partial charge in [-0.05, 0) is 43.5 Å². The van der Waals surface area contributed by atoms with Gasteiger partial charge in [0, 0.05) is 12.1 Å². The van der Waals surface area contributed by atoms with Gasteiger partial charge in [-0.2, -0.15) is 0 Å². The van der Waals surface area contributed by atoms with E-state index in [-0.39, 0.29) is 0 Å². The molecule has 0 aliphatic heterocycles. The van der Waals surface area contributed by atoms with Crippen LogP contribution in [0.3, 0.4) is 0 Å². The summed E-state index contributed by atoms with van der Waals surface area (Å²) in [5.41, 5.74) is 3.40. The molecule has 0 fully saturated rings. The topological polar surface area (TPSA) is 38.1 Å². The third-order valence-corrected chi connectivity index (χ3v) is 3.58. The van der Waals surface area contributed by atoms with Crippen LogP contribution in [0.4, 0.5) is 0 Å². The number of benzene rings is 1. The van der Waals surface area contributed by atoms with E-state index in [4.69, 9.17) is 4.42 Å². The molecule has 3 nitrogen and oxygen atoms in total. The number of hydrogen-bond donors (Lipinski definition) is 1. The van der Waals surface area contributed by atoms with Gasteiger partial charge in [-0.15, -0.1) is 0 Å². The zero-order valence-electron chi connectivity index (χ0n) is 13.2. The highest BCUT2D eigenvalue weighted by molar-refractivity contribution is 5.53. The number of nitrogens with one attached hydrogen (secondary N) is 1. The molecule has 3 heteroatoms. The first-order chi connectivity index (χ1) is 10.3. The van der Waals surface area contributed by atoms with E-state index >= 15 is 0 Å². The van der Waals surface area contributed by atoms with Gasteiger partial charge in [0.25, 0.3) is 0 Å². The minimum atomic E-state index is 0.712. The molecule has 1 aromatic heterocycles. The molecular formula is C18H26N2O. The number of aromatic nitrogens is 1. The van der Waals surface area contributed by atoms with Crippen LogP contribution in [0.1, 0.15) is 50.8 Å². The predicted octanol–water partition coefficient (Wildman–Crippen LogP) is 4.57. The number of rotatable bonds is 9. The van der Waals surface area contributed by atoms with Crippen LogP contribution in [-0.2, 0) is 13.0 Å². The fraction of sp³-hybridized carbons (Fsp3) is 0.500. The number of hydrogen-bond acceptors (Lipinski definition) is 3. The van der Waals surface area contributed by atoms with Crippen LogP contribution < -0.4 is 5.32 Å². The molecule has 1 aromatic carbocycles. The fourth-order valence-electron chi connectivity index (χ4n) is 2.23. The maximum Gasteiger partial charge on any atom is 0.226 e. The highest BCUT2D eigenvalue weighted by Gasteiger charge is 2.06. The fourth-order valence-corrected chi connectivity index (χ4v) is 2.23. The Kier molecular flexibility index (Phi) is 6.48. The standard InChI is InChI=1S/C18H26N2O/c1-3-5-7-15-8-10-16(11-9-15)18-20-17(14-21-18)13-19-12-6-4-2/h8-11,14,19H,3-7,12-13H2,1-2H3. The summed E-state index contributed by atoms with van der Waals surface area (Å²) in [4.78, 5) is 4.54. The summed E-state index contributed by atoms with van der Waals surface area (Å²) in [6.07, 6.45) is 7.78. The van der Waals surface area contributed by atoms with Crippen LogP contribution >= 0.6 is 0 Å². The van der Waals surface area contributed by atoms with Crippen LogP contribution in [0.5, 0.6) is 0 Å². The smallest absolute Gasteiger partial charge is 0.226 e. The van der Waals surface area contributed by atoms with Gasteiger partial charge >= 0.3 is 0 Å². The van der Waals surface area contributed by atoms with Crippen molar-refractivity contribution in [2.24, 2.45) is 0 Å². The lowest BCUT2D eigenvalue weighted by Crippen LogP contribution is -2.14. The van der Waals surface area contributed by atoms with Crippen LogP contribution in [0, 0.1) is 0 Å². The summed E-state index contributed by atoms with van der Waals surface area (Å²) in [5, 5.41) is 3.38. The summed E-state index contributed by atoms with van der Waals surface area (Å²) in [7, 11) is 0. The Morgan fingerprint density at radius 1 is 1.05 bits per heavy atom. The van der Waals surface area contributed by atoms with Gasteiger partial charge in [-0.1, -0.05) is 38.8 Å². The van der Waals surface area contributed by atoms with Gasteiger partial charge in [-0.25, -0.2) is 4.98 Å². The normalized spacial score (nSPS) is 11.0. The quantitative estimate of drug-likeness (QED) is 0.686.